The fourth-order valence-corrected chi connectivity index (χ4v) is 11.5. The molecule has 9 atom stereocenters. The van der Waals surface area contributed by atoms with Crippen LogP contribution in [0, 0.1) is 5.92 Å². The number of aromatic hydroxyl groups is 1. The zero-order chi connectivity index (χ0) is 61.3. The lowest BCUT2D eigenvalue weighted by molar-refractivity contribution is -0.136. The van der Waals surface area contributed by atoms with Crippen molar-refractivity contribution in [1.29, 1.82) is 0 Å². The molecule has 0 bridgehead atoms. The van der Waals surface area contributed by atoms with Gasteiger partial charge in [-0.3, -0.25) is 38.4 Å². The van der Waals surface area contributed by atoms with Gasteiger partial charge in [0, 0.05) is 48.0 Å². The average Bonchev–Trinajstić information content (AvgIpc) is 3.84. The Balaban J connectivity index is 1.39. The van der Waals surface area contributed by atoms with Crippen molar-refractivity contribution < 1.29 is 58.1 Å². The largest absolute Gasteiger partial charge is 0.508 e. The monoisotopic (exact) mass is 1200 g/mol. The Morgan fingerprint density at radius 1 is 0.726 bits per heavy atom. The molecular formula is C59H77N11O12S2. The van der Waals surface area contributed by atoms with Gasteiger partial charge in [0.2, 0.25) is 47.3 Å². The van der Waals surface area contributed by atoms with Crippen LogP contribution in [0.4, 0.5) is 4.79 Å². The van der Waals surface area contributed by atoms with E-state index in [0.717, 1.165) is 48.8 Å². The van der Waals surface area contributed by atoms with Crippen LogP contribution in [0.25, 0.3) is 21.7 Å². The number of alkyl carbamates (subject to hydrolysis) is 1. The van der Waals surface area contributed by atoms with Crippen molar-refractivity contribution in [3.05, 3.63) is 114 Å². The maximum atomic E-state index is 15.0. The molecule has 1 fully saturated rings. The summed E-state index contributed by atoms with van der Waals surface area (Å²) in [5, 5.41) is 44.9. The summed E-state index contributed by atoms with van der Waals surface area (Å²) >= 11 is 0. The highest BCUT2D eigenvalue weighted by Gasteiger charge is 2.37. The second-order valence-electron chi connectivity index (χ2n) is 22.1. The van der Waals surface area contributed by atoms with Crippen molar-refractivity contribution in [3.8, 4) is 5.75 Å². The maximum absolute atomic E-state index is 15.0. The summed E-state index contributed by atoms with van der Waals surface area (Å²) in [5.41, 5.74) is 13.9. The van der Waals surface area contributed by atoms with Gasteiger partial charge in [-0.15, -0.1) is 0 Å². The summed E-state index contributed by atoms with van der Waals surface area (Å²) in [6, 6.07) is 15.3. The van der Waals surface area contributed by atoms with Gasteiger partial charge in [-0.2, -0.15) is 0 Å². The van der Waals surface area contributed by atoms with Gasteiger partial charge in [0.25, 0.3) is 0 Å². The Morgan fingerprint density at radius 3 is 2.02 bits per heavy atom. The number of carbonyl (C=O) groups excluding carboxylic acids is 9. The normalized spacial score (nSPS) is 20.9. The van der Waals surface area contributed by atoms with E-state index >= 15 is 9.59 Å². The number of aliphatic hydroxyl groups is 1. The van der Waals surface area contributed by atoms with Crippen LogP contribution in [-0.4, -0.2) is 147 Å². The van der Waals surface area contributed by atoms with Crippen molar-refractivity contribution in [1.82, 2.24) is 47.5 Å². The maximum Gasteiger partial charge on any atom is 0.407 e. The standard InChI is InChI=1S/C59H77N11O12S2/c1-32(2)48-57(80)68-47(56(79)70-49(33(3)71)50(61)73)31-84-83-30-46(67-51(74)41(60)26-35-18-21-36-13-7-8-14-37(36)25-35)55(78)65-44(27-34-19-22-39(72)23-20-34)53(76)66-45(28-38-29-63-42-16-10-9-15-40(38)42)54(77)64-43(52(75)69-48)17-11-12-24-62-58(81)82-59(4,5)6/h7-10,13-16,18-23,25,29,32-33,41,43-49,63,71-72H,11-12,17,24,26-28,30-31,60H2,1-6H3,(H2,61,73)(H,62,81)(H,64,77)(H,65,78)(H,66,76)(H,67,74)(H,68,80)(H,69,75)(H,70,79)/t33-,41-,43+,44-,45-,46+,47+,48+,49+/m1/s1. The van der Waals surface area contributed by atoms with Crippen LogP contribution in [0.2, 0.25) is 0 Å². The number of unbranched alkanes of at least 4 members (excludes halogenated alkanes) is 1. The number of carbonyl (C=O) groups is 9. The van der Waals surface area contributed by atoms with E-state index in [1.807, 2.05) is 60.7 Å². The van der Waals surface area contributed by atoms with Crippen molar-refractivity contribution in [2.75, 3.05) is 18.1 Å². The summed E-state index contributed by atoms with van der Waals surface area (Å²) in [7, 11) is 2.00. The minimum absolute atomic E-state index is 0.0426. The highest BCUT2D eigenvalue weighted by atomic mass is 33.1. The lowest BCUT2D eigenvalue weighted by Gasteiger charge is -2.29. The SMILES string of the molecule is CC(C)[C@@H]1NC(=O)[C@H](CCCCNC(=O)OC(C)(C)C)NC(=O)[C@@H](Cc2c[nH]c3ccccc23)NC(=O)[C@@H](Cc2ccc(O)cc2)NC(=O)[C@@H](NC(=O)[C@H](N)Cc2ccc3ccccc3c2)CSSC[C@@H](C(=O)N[C@H](C(N)=O)[C@@H](C)O)NC1=O. The topological polar surface area (TPSA) is 367 Å². The number of nitrogens with two attached hydrogens (primary N) is 2. The van der Waals surface area contributed by atoms with Crippen molar-refractivity contribution in [2.45, 2.75) is 140 Å². The number of aromatic amines is 1. The molecule has 5 aromatic rings. The molecule has 15 N–H and O–H groups in total. The van der Waals surface area contributed by atoms with Gasteiger partial charge in [-0.1, -0.05) is 108 Å². The first-order valence-electron chi connectivity index (χ1n) is 27.7. The third-order valence-corrected chi connectivity index (χ3v) is 16.1. The lowest BCUT2D eigenvalue weighted by atomic mass is 10.00. The number of aromatic nitrogens is 1. The van der Waals surface area contributed by atoms with E-state index < -0.39 is 119 Å². The van der Waals surface area contributed by atoms with E-state index in [1.54, 1.807) is 59.0 Å². The number of phenols is 1. The molecule has 1 saturated heterocycles. The van der Waals surface area contributed by atoms with Crippen LogP contribution in [0.3, 0.4) is 0 Å². The van der Waals surface area contributed by atoms with Gasteiger partial charge in [-0.25, -0.2) is 4.79 Å². The van der Waals surface area contributed by atoms with E-state index in [0.29, 0.717) is 17.5 Å². The van der Waals surface area contributed by atoms with Gasteiger partial charge >= 0.3 is 6.09 Å². The molecule has 0 spiro atoms. The zero-order valence-electron chi connectivity index (χ0n) is 47.8. The number of hydrogen-bond acceptors (Lipinski definition) is 15. The average molecular weight is 1200 g/mol. The second-order valence-corrected chi connectivity index (χ2v) is 24.6. The van der Waals surface area contributed by atoms with Crippen LogP contribution < -0.4 is 54.0 Å². The van der Waals surface area contributed by atoms with E-state index in [9.17, 15) is 43.8 Å². The highest BCUT2D eigenvalue weighted by Crippen LogP contribution is 2.25. The molecule has 452 valence electrons. The molecule has 0 radical (unpaired) electrons. The fraction of sp³-hybridized carbons (Fsp3) is 0.441. The van der Waals surface area contributed by atoms with Gasteiger partial charge in [-0.05, 0) is 105 Å². The molecule has 1 aliphatic heterocycles. The van der Waals surface area contributed by atoms with Crippen LogP contribution in [-0.2, 0) is 62.4 Å². The molecule has 84 heavy (non-hydrogen) atoms. The minimum atomic E-state index is -1.58. The molecule has 1 aromatic heterocycles. The predicted molar refractivity (Wildman–Crippen MR) is 322 cm³/mol. The molecule has 9 amide bonds. The number of hydrogen-bond donors (Lipinski definition) is 13. The number of benzene rings is 4. The number of H-pyrrole nitrogens is 1. The van der Waals surface area contributed by atoms with Crippen molar-refractivity contribution in [3.63, 3.8) is 0 Å². The third kappa shape index (κ3) is 19.6. The molecule has 0 unspecified atom stereocenters. The number of fused-ring (bicyclic) bond motifs is 2. The second kappa shape index (κ2) is 30.6. The van der Waals surface area contributed by atoms with Gasteiger partial charge < -0.3 is 73.9 Å². The van der Waals surface area contributed by atoms with E-state index in [4.69, 9.17) is 16.2 Å². The number of nitrogens with one attached hydrogen (secondary N) is 9. The summed E-state index contributed by atoms with van der Waals surface area (Å²) in [4.78, 5) is 130. The molecule has 23 nitrogen and oxygen atoms in total. The number of para-hydroxylation sites is 1. The summed E-state index contributed by atoms with van der Waals surface area (Å²) in [6.45, 7) is 9.81. The number of rotatable bonds is 18. The molecule has 0 saturated carbocycles. The molecular weight excluding hydrogens is 1120 g/mol. The number of primary amides is 1. The molecule has 6 rings (SSSR count). The van der Waals surface area contributed by atoms with E-state index in [-0.39, 0.29) is 55.9 Å². The summed E-state index contributed by atoms with van der Waals surface area (Å²) in [6.07, 6.45) is -0.154. The van der Waals surface area contributed by atoms with Crippen LogP contribution in [0.1, 0.15) is 77.5 Å². The van der Waals surface area contributed by atoms with Gasteiger partial charge in [0.15, 0.2) is 0 Å². The Morgan fingerprint density at radius 2 is 1.35 bits per heavy atom. The molecule has 25 heteroatoms. The number of aliphatic hydroxyl groups excluding tert-OH is 1. The molecule has 2 heterocycles. The molecule has 0 aliphatic carbocycles. The van der Waals surface area contributed by atoms with Crippen molar-refractivity contribution in [2.24, 2.45) is 17.4 Å². The highest BCUT2D eigenvalue weighted by molar-refractivity contribution is 8.76. The quantitative estimate of drug-likeness (QED) is 0.0443. The summed E-state index contributed by atoms with van der Waals surface area (Å²) in [5.74, 6) is -8.05. The smallest absolute Gasteiger partial charge is 0.407 e. The number of phenolic OH excluding ortho intramolecular Hbond substituents is 1. The van der Waals surface area contributed by atoms with Crippen LogP contribution in [0.15, 0.2) is 97.2 Å². The fourth-order valence-electron chi connectivity index (χ4n) is 9.19. The summed E-state index contributed by atoms with van der Waals surface area (Å²) < 4.78 is 5.35. The van der Waals surface area contributed by atoms with Crippen LogP contribution >= 0.6 is 21.6 Å². The molecule has 4 aromatic carbocycles. The number of ether oxygens (including phenoxy) is 1. The minimum Gasteiger partial charge on any atom is -0.508 e. The third-order valence-electron chi connectivity index (χ3n) is 13.7. The first-order chi connectivity index (χ1) is 39.8. The van der Waals surface area contributed by atoms with Crippen LogP contribution in [0.5, 0.6) is 5.75 Å². The van der Waals surface area contributed by atoms with Crippen molar-refractivity contribution >= 4 is 96.6 Å². The van der Waals surface area contributed by atoms with Gasteiger partial charge in [0.1, 0.15) is 53.6 Å². The first-order valence-corrected chi connectivity index (χ1v) is 30.2. The Kier molecular flexibility index (Phi) is 23.8. The van der Waals surface area contributed by atoms with E-state index in [2.05, 4.69) is 47.5 Å². The molecule has 1 aliphatic rings. The first kappa shape index (κ1) is 65.3. The van der Waals surface area contributed by atoms with Gasteiger partial charge in [0.05, 0.1) is 12.1 Å². The predicted octanol–water partition coefficient (Wildman–Crippen LogP) is 2.39. The number of amides is 9. The lowest BCUT2D eigenvalue weighted by Crippen LogP contribution is -2.62. The Hall–Kier alpha value is -7.87. The Labute approximate surface area is 495 Å². The Bertz CT molecular complexity index is 3130. The van der Waals surface area contributed by atoms with E-state index in [1.165, 1.54) is 19.1 Å². The zero-order valence-corrected chi connectivity index (χ0v) is 49.5.